The van der Waals surface area contributed by atoms with Gasteiger partial charge in [0.05, 0.1) is 12.7 Å². The van der Waals surface area contributed by atoms with Crippen molar-refractivity contribution in [3.05, 3.63) is 66.7 Å². The molecule has 4 nitrogen and oxygen atoms in total. The summed E-state index contributed by atoms with van der Waals surface area (Å²) in [7, 11) is 0. The van der Waals surface area contributed by atoms with Gasteiger partial charge in [0, 0.05) is 30.5 Å². The zero-order chi connectivity index (χ0) is 17.5. The first-order valence-corrected chi connectivity index (χ1v) is 9.55. The molecule has 2 aliphatic rings. The number of hydrogen-bond acceptors (Lipinski definition) is 2. The van der Waals surface area contributed by atoms with E-state index < -0.39 is 0 Å². The van der Waals surface area contributed by atoms with Crippen LogP contribution in [0.1, 0.15) is 37.3 Å². The van der Waals surface area contributed by atoms with E-state index in [1.807, 2.05) is 12.5 Å². The molecule has 2 aromatic carbocycles. The minimum atomic E-state index is 0.290. The van der Waals surface area contributed by atoms with Crippen LogP contribution in [0.25, 0.3) is 10.8 Å². The lowest BCUT2D eigenvalue weighted by Gasteiger charge is -2.39. The Balaban J connectivity index is 1.36. The quantitative estimate of drug-likeness (QED) is 0.720. The number of aromatic nitrogens is 2. The predicted molar refractivity (Wildman–Crippen MR) is 102 cm³/mol. The summed E-state index contributed by atoms with van der Waals surface area (Å²) < 4.78 is 2.22. The van der Waals surface area contributed by atoms with Gasteiger partial charge in [-0.15, -0.1) is 0 Å². The number of piperidine rings is 1. The van der Waals surface area contributed by atoms with Crippen molar-refractivity contribution in [2.24, 2.45) is 0 Å². The summed E-state index contributed by atoms with van der Waals surface area (Å²) in [5.41, 5.74) is 1.14. The Kier molecular flexibility index (Phi) is 3.77. The highest BCUT2D eigenvalue weighted by Crippen LogP contribution is 2.41. The smallest absolute Gasteiger partial charge is 0.227 e. The van der Waals surface area contributed by atoms with Gasteiger partial charge in [0.25, 0.3) is 0 Å². The van der Waals surface area contributed by atoms with Gasteiger partial charge in [-0.3, -0.25) is 4.79 Å². The number of carbonyl (C=O) groups excluding carboxylic acids is 1. The number of amides is 1. The SMILES string of the molecule is O=C(Cc1cccc2ccccc12)N1C2CCC1CC(n1ccnc1)C2. The molecule has 2 fully saturated rings. The van der Waals surface area contributed by atoms with Crippen LogP contribution < -0.4 is 0 Å². The van der Waals surface area contributed by atoms with E-state index >= 15 is 0 Å². The first-order chi connectivity index (χ1) is 12.8. The van der Waals surface area contributed by atoms with Gasteiger partial charge < -0.3 is 9.47 Å². The van der Waals surface area contributed by atoms with Crippen LogP contribution in [0.4, 0.5) is 0 Å². The average molecular weight is 345 g/mol. The Morgan fingerprint density at radius 2 is 1.77 bits per heavy atom. The van der Waals surface area contributed by atoms with Crippen LogP contribution in [-0.4, -0.2) is 32.4 Å². The summed E-state index contributed by atoms with van der Waals surface area (Å²) >= 11 is 0. The third-order valence-corrected chi connectivity index (χ3v) is 6.16. The fourth-order valence-electron chi connectivity index (χ4n) is 4.99. The third-order valence-electron chi connectivity index (χ3n) is 6.16. The second kappa shape index (κ2) is 6.27. The number of imidazole rings is 1. The molecule has 0 N–H and O–H groups in total. The monoisotopic (exact) mass is 345 g/mol. The summed E-state index contributed by atoms with van der Waals surface area (Å²) in [6.07, 6.45) is 10.7. The Morgan fingerprint density at radius 3 is 2.54 bits per heavy atom. The van der Waals surface area contributed by atoms with Crippen LogP contribution in [0.2, 0.25) is 0 Å². The van der Waals surface area contributed by atoms with E-state index in [0.29, 0.717) is 24.5 Å². The van der Waals surface area contributed by atoms with Crippen LogP contribution in [0.5, 0.6) is 0 Å². The van der Waals surface area contributed by atoms with Gasteiger partial charge in [0.15, 0.2) is 0 Å². The molecule has 2 saturated heterocycles. The summed E-state index contributed by atoms with van der Waals surface area (Å²) in [6, 6.07) is 15.9. The van der Waals surface area contributed by atoms with Crippen molar-refractivity contribution >= 4 is 16.7 Å². The minimum absolute atomic E-state index is 0.290. The molecule has 26 heavy (non-hydrogen) atoms. The van der Waals surface area contributed by atoms with Crippen LogP contribution in [0.15, 0.2) is 61.2 Å². The van der Waals surface area contributed by atoms with Gasteiger partial charge in [0.1, 0.15) is 0 Å². The molecule has 5 rings (SSSR count). The number of fused-ring (bicyclic) bond motifs is 3. The van der Waals surface area contributed by atoms with E-state index in [1.54, 1.807) is 0 Å². The van der Waals surface area contributed by atoms with Crippen molar-refractivity contribution in [2.75, 3.05) is 0 Å². The molecular formula is C22H23N3O. The molecule has 3 aromatic rings. The Morgan fingerprint density at radius 1 is 1.00 bits per heavy atom. The molecule has 0 saturated carbocycles. The average Bonchev–Trinajstić information content (AvgIpc) is 3.29. The van der Waals surface area contributed by atoms with Crippen LogP contribution in [-0.2, 0) is 11.2 Å². The van der Waals surface area contributed by atoms with Gasteiger partial charge in [0.2, 0.25) is 5.91 Å². The van der Waals surface area contributed by atoms with E-state index in [1.165, 1.54) is 10.8 Å². The number of hydrogen-bond donors (Lipinski definition) is 0. The highest BCUT2D eigenvalue weighted by atomic mass is 16.2. The fraction of sp³-hybridized carbons (Fsp3) is 0.364. The third kappa shape index (κ3) is 2.61. The lowest BCUT2D eigenvalue weighted by atomic mass is 9.95. The Bertz CT molecular complexity index is 914. The molecule has 0 spiro atoms. The van der Waals surface area contributed by atoms with Crippen molar-refractivity contribution in [1.82, 2.24) is 14.5 Å². The molecule has 1 amide bonds. The van der Waals surface area contributed by atoms with Crippen molar-refractivity contribution in [3.8, 4) is 0 Å². The van der Waals surface area contributed by atoms with Crippen LogP contribution in [0.3, 0.4) is 0 Å². The maximum atomic E-state index is 13.2. The van der Waals surface area contributed by atoms with E-state index in [9.17, 15) is 4.79 Å². The molecule has 1 aromatic heterocycles. The largest absolute Gasteiger partial charge is 0.336 e. The van der Waals surface area contributed by atoms with Crippen LogP contribution >= 0.6 is 0 Å². The molecule has 3 heterocycles. The van der Waals surface area contributed by atoms with E-state index in [4.69, 9.17) is 0 Å². The number of carbonyl (C=O) groups is 1. The second-order valence-electron chi connectivity index (χ2n) is 7.64. The van der Waals surface area contributed by atoms with Crippen molar-refractivity contribution in [3.63, 3.8) is 0 Å². The lowest BCUT2D eigenvalue weighted by Crippen LogP contribution is -2.47. The summed E-state index contributed by atoms with van der Waals surface area (Å²) in [6.45, 7) is 0. The Labute approximate surface area is 153 Å². The topological polar surface area (TPSA) is 38.1 Å². The van der Waals surface area contributed by atoms with E-state index in [0.717, 1.165) is 31.2 Å². The zero-order valence-electron chi connectivity index (χ0n) is 14.8. The molecule has 0 radical (unpaired) electrons. The first kappa shape index (κ1) is 15.6. The van der Waals surface area contributed by atoms with Gasteiger partial charge >= 0.3 is 0 Å². The molecular weight excluding hydrogens is 322 g/mol. The highest BCUT2D eigenvalue weighted by Gasteiger charge is 2.43. The first-order valence-electron chi connectivity index (χ1n) is 9.55. The van der Waals surface area contributed by atoms with Gasteiger partial charge in [-0.2, -0.15) is 0 Å². The summed E-state index contributed by atoms with van der Waals surface area (Å²) in [4.78, 5) is 19.6. The van der Waals surface area contributed by atoms with Crippen LogP contribution in [0, 0.1) is 0 Å². The predicted octanol–water partition coefficient (Wildman–Crippen LogP) is 3.97. The number of benzene rings is 2. The zero-order valence-corrected chi connectivity index (χ0v) is 14.8. The van der Waals surface area contributed by atoms with Crippen molar-refractivity contribution < 1.29 is 4.79 Å². The molecule has 132 valence electrons. The van der Waals surface area contributed by atoms with Gasteiger partial charge in [-0.1, -0.05) is 42.5 Å². The normalized spacial score (nSPS) is 24.9. The number of rotatable bonds is 3. The van der Waals surface area contributed by atoms with E-state index in [2.05, 4.69) is 63.1 Å². The summed E-state index contributed by atoms with van der Waals surface area (Å²) in [5, 5.41) is 2.41. The molecule has 2 bridgehead atoms. The maximum Gasteiger partial charge on any atom is 0.227 e. The minimum Gasteiger partial charge on any atom is -0.336 e. The Hall–Kier alpha value is -2.62. The standard InChI is InChI=1S/C22H23N3O/c26-22(12-17-6-3-5-16-4-1-2-7-21(16)17)25-18-8-9-19(25)14-20(13-18)24-11-10-23-15-24/h1-7,10-11,15,18-20H,8-9,12-14H2. The molecule has 2 unspecified atom stereocenters. The van der Waals surface area contributed by atoms with Crippen molar-refractivity contribution in [2.45, 2.75) is 50.2 Å². The summed E-state index contributed by atoms with van der Waals surface area (Å²) in [5.74, 6) is 0.290. The van der Waals surface area contributed by atoms with E-state index in [-0.39, 0.29) is 5.91 Å². The number of nitrogens with zero attached hydrogens (tertiary/aromatic N) is 3. The second-order valence-corrected chi connectivity index (χ2v) is 7.64. The molecule has 4 heteroatoms. The molecule has 2 atom stereocenters. The fourth-order valence-corrected chi connectivity index (χ4v) is 4.99. The molecule has 2 aliphatic heterocycles. The van der Waals surface area contributed by atoms with Gasteiger partial charge in [-0.05, 0) is 42.0 Å². The lowest BCUT2D eigenvalue weighted by molar-refractivity contribution is -0.135. The molecule has 0 aliphatic carbocycles. The maximum absolute atomic E-state index is 13.2. The highest BCUT2D eigenvalue weighted by molar-refractivity contribution is 5.90. The van der Waals surface area contributed by atoms with Gasteiger partial charge in [-0.25, -0.2) is 4.98 Å². The van der Waals surface area contributed by atoms with Crippen molar-refractivity contribution in [1.29, 1.82) is 0 Å².